The summed E-state index contributed by atoms with van der Waals surface area (Å²) in [5.74, 6) is -0.500. The molecule has 4 aromatic carbocycles. The number of nitro benzene ring substituents is 1. The van der Waals surface area contributed by atoms with E-state index in [0.29, 0.717) is 44.2 Å². The fraction of sp³-hybridized carbons (Fsp3) is 0.206. The third kappa shape index (κ3) is 4.66. The number of benzene rings is 4. The zero-order chi connectivity index (χ0) is 31.5. The molecule has 0 aliphatic carbocycles. The average molecular weight is 630 g/mol. The molecule has 0 fully saturated rings. The molecule has 44 heavy (non-hydrogen) atoms. The van der Waals surface area contributed by atoms with Crippen LogP contribution in [0.25, 0.3) is 10.9 Å². The lowest BCUT2D eigenvalue weighted by atomic mass is 9.78. The minimum absolute atomic E-state index is 0.0703. The molecule has 1 atom stereocenters. The maximum atomic E-state index is 13.8. The number of hydrogen-bond acceptors (Lipinski definition) is 6. The van der Waals surface area contributed by atoms with Crippen molar-refractivity contribution in [2.75, 3.05) is 38.0 Å². The lowest BCUT2D eigenvalue weighted by Crippen LogP contribution is -2.31. The number of hydrogen-bond donors (Lipinski definition) is 0. The predicted octanol–water partition coefficient (Wildman–Crippen LogP) is 7.81. The SMILES string of the molecule is Cc1c(C2(c3ccc(N(C)C)cc3Cl)OC(=O)c3cc(N(C)C)ccc32)c2cc([N+](=O)[O-])ccc2n1Cc1ccc(Cl)cc1. The molecule has 2 heterocycles. The first-order valence-electron chi connectivity index (χ1n) is 14.0. The summed E-state index contributed by atoms with van der Waals surface area (Å²) < 4.78 is 8.60. The summed E-state index contributed by atoms with van der Waals surface area (Å²) in [6, 6.07) is 23.6. The number of non-ortho nitro benzene ring substituents is 1. The Kier molecular flexibility index (Phi) is 7.30. The standard InChI is InChI=1S/C34H30Cl2N4O4/c1-20-32(27-17-25(40(42)43)12-15-31(27)39(20)19-21-6-8-22(35)9-7-21)34(29-14-11-24(38(4)5)18-30(29)36)28-13-10-23(37(2)3)16-26(28)33(41)44-34/h6-18H,19H2,1-5H3. The zero-order valence-electron chi connectivity index (χ0n) is 24.9. The second-order valence-corrected chi connectivity index (χ2v) is 12.2. The van der Waals surface area contributed by atoms with Gasteiger partial charge in [-0.25, -0.2) is 4.79 Å². The third-order valence-corrected chi connectivity index (χ3v) is 8.90. The Morgan fingerprint density at radius 1 is 0.864 bits per heavy atom. The van der Waals surface area contributed by atoms with Crippen molar-refractivity contribution in [2.45, 2.75) is 19.1 Å². The minimum atomic E-state index is -1.48. The number of fused-ring (bicyclic) bond motifs is 2. The Balaban J connectivity index is 1.73. The molecule has 10 heteroatoms. The molecule has 0 saturated heterocycles. The molecule has 1 aliphatic heterocycles. The number of nitrogens with zero attached hydrogens (tertiary/aromatic N) is 4. The lowest BCUT2D eigenvalue weighted by molar-refractivity contribution is -0.384. The van der Waals surface area contributed by atoms with Gasteiger partial charge in [0.2, 0.25) is 0 Å². The largest absolute Gasteiger partial charge is 0.440 e. The number of ether oxygens (including phenoxy) is 1. The van der Waals surface area contributed by atoms with E-state index in [1.807, 2.05) is 106 Å². The van der Waals surface area contributed by atoms with Crippen LogP contribution in [-0.4, -0.2) is 43.7 Å². The van der Waals surface area contributed by atoms with Crippen LogP contribution in [-0.2, 0) is 16.9 Å². The zero-order valence-corrected chi connectivity index (χ0v) is 26.4. The average Bonchev–Trinajstić information content (AvgIpc) is 3.43. The van der Waals surface area contributed by atoms with Gasteiger partial charge in [0, 0.05) is 96.6 Å². The van der Waals surface area contributed by atoms with Crippen LogP contribution in [0.1, 0.15) is 38.3 Å². The molecule has 1 aromatic heterocycles. The van der Waals surface area contributed by atoms with Crippen molar-refractivity contribution in [3.8, 4) is 0 Å². The van der Waals surface area contributed by atoms with E-state index in [0.717, 1.165) is 28.1 Å². The highest BCUT2D eigenvalue weighted by Crippen LogP contribution is 2.53. The van der Waals surface area contributed by atoms with Gasteiger partial charge in [-0.1, -0.05) is 47.5 Å². The molecule has 0 amide bonds. The van der Waals surface area contributed by atoms with E-state index >= 15 is 0 Å². The Bertz CT molecular complexity index is 1970. The molecule has 1 unspecified atom stereocenters. The predicted molar refractivity (Wildman–Crippen MR) is 176 cm³/mol. The van der Waals surface area contributed by atoms with Crippen LogP contribution in [0, 0.1) is 17.0 Å². The summed E-state index contributed by atoms with van der Waals surface area (Å²) in [6.45, 7) is 2.40. The minimum Gasteiger partial charge on any atom is -0.440 e. The second kappa shape index (κ2) is 10.9. The summed E-state index contributed by atoms with van der Waals surface area (Å²) >= 11 is 13.2. The van der Waals surface area contributed by atoms with Gasteiger partial charge in [-0.15, -0.1) is 0 Å². The first kappa shape index (κ1) is 29.5. The molecule has 8 nitrogen and oxygen atoms in total. The molecule has 0 saturated carbocycles. The van der Waals surface area contributed by atoms with Gasteiger partial charge in [0.25, 0.3) is 5.69 Å². The number of aromatic nitrogens is 1. The normalized spacial score (nSPS) is 15.8. The maximum Gasteiger partial charge on any atom is 0.340 e. The summed E-state index contributed by atoms with van der Waals surface area (Å²) in [6.07, 6.45) is 0. The highest BCUT2D eigenvalue weighted by molar-refractivity contribution is 6.32. The van der Waals surface area contributed by atoms with E-state index < -0.39 is 16.5 Å². The molecule has 224 valence electrons. The van der Waals surface area contributed by atoms with Gasteiger partial charge < -0.3 is 19.1 Å². The van der Waals surface area contributed by atoms with Crippen LogP contribution < -0.4 is 9.80 Å². The first-order chi connectivity index (χ1) is 20.9. The van der Waals surface area contributed by atoms with Crippen LogP contribution in [0.5, 0.6) is 0 Å². The number of cyclic esters (lactones) is 1. The molecule has 6 rings (SSSR count). The van der Waals surface area contributed by atoms with E-state index in [2.05, 4.69) is 4.57 Å². The summed E-state index contributed by atoms with van der Waals surface area (Å²) in [4.78, 5) is 29.3. The number of carbonyl (C=O) groups is 1. The summed E-state index contributed by atoms with van der Waals surface area (Å²) in [7, 11) is 7.64. The van der Waals surface area contributed by atoms with Crippen LogP contribution in [0.4, 0.5) is 17.1 Å². The van der Waals surface area contributed by atoms with Crippen molar-refractivity contribution in [1.82, 2.24) is 4.57 Å². The van der Waals surface area contributed by atoms with Crippen LogP contribution in [0.15, 0.2) is 78.9 Å². The lowest BCUT2D eigenvalue weighted by Gasteiger charge is -2.32. The van der Waals surface area contributed by atoms with Crippen molar-refractivity contribution in [2.24, 2.45) is 0 Å². The van der Waals surface area contributed by atoms with Crippen molar-refractivity contribution in [3.05, 3.63) is 133 Å². The van der Waals surface area contributed by atoms with Crippen LogP contribution >= 0.6 is 23.2 Å². The molecule has 1 aliphatic rings. The Morgan fingerprint density at radius 2 is 1.50 bits per heavy atom. The summed E-state index contributed by atoms with van der Waals surface area (Å²) in [5.41, 5.74) is 4.89. The van der Waals surface area contributed by atoms with Gasteiger partial charge in [0.05, 0.1) is 15.5 Å². The molecule has 0 radical (unpaired) electrons. The molecule has 0 N–H and O–H groups in total. The fourth-order valence-electron chi connectivity index (χ4n) is 6.13. The summed E-state index contributed by atoms with van der Waals surface area (Å²) in [5, 5.41) is 13.6. The van der Waals surface area contributed by atoms with E-state index in [1.54, 1.807) is 12.1 Å². The molecule has 0 bridgehead atoms. The van der Waals surface area contributed by atoms with Gasteiger partial charge in [-0.3, -0.25) is 10.1 Å². The van der Waals surface area contributed by atoms with Crippen LogP contribution in [0.3, 0.4) is 0 Å². The smallest absolute Gasteiger partial charge is 0.340 e. The highest BCUT2D eigenvalue weighted by Gasteiger charge is 2.52. The number of halogens is 2. The van der Waals surface area contributed by atoms with E-state index in [4.69, 9.17) is 27.9 Å². The quantitative estimate of drug-likeness (QED) is 0.104. The van der Waals surface area contributed by atoms with Gasteiger partial charge in [-0.05, 0) is 55.0 Å². The number of carbonyl (C=O) groups excluding carboxylic acids is 1. The van der Waals surface area contributed by atoms with Crippen molar-refractivity contribution >= 4 is 57.1 Å². The maximum absolute atomic E-state index is 13.8. The van der Waals surface area contributed by atoms with Crippen molar-refractivity contribution < 1.29 is 14.5 Å². The Labute approximate surface area is 265 Å². The fourth-order valence-corrected chi connectivity index (χ4v) is 6.56. The van der Waals surface area contributed by atoms with E-state index in [-0.39, 0.29) is 5.69 Å². The van der Waals surface area contributed by atoms with Crippen molar-refractivity contribution in [1.29, 1.82) is 0 Å². The second-order valence-electron chi connectivity index (χ2n) is 11.4. The highest BCUT2D eigenvalue weighted by atomic mass is 35.5. The van der Waals surface area contributed by atoms with E-state index in [1.165, 1.54) is 6.07 Å². The van der Waals surface area contributed by atoms with E-state index in [9.17, 15) is 14.9 Å². The Morgan fingerprint density at radius 3 is 2.11 bits per heavy atom. The topological polar surface area (TPSA) is 80.8 Å². The van der Waals surface area contributed by atoms with Gasteiger partial charge in [-0.2, -0.15) is 0 Å². The number of anilines is 2. The number of nitro groups is 1. The van der Waals surface area contributed by atoms with Gasteiger partial charge in [0.1, 0.15) is 0 Å². The van der Waals surface area contributed by atoms with Gasteiger partial charge >= 0.3 is 5.97 Å². The number of esters is 1. The first-order valence-corrected chi connectivity index (χ1v) is 14.7. The van der Waals surface area contributed by atoms with Crippen LogP contribution in [0.2, 0.25) is 10.0 Å². The molecular weight excluding hydrogens is 599 g/mol. The Hall–Kier alpha value is -4.53. The molecule has 0 spiro atoms. The van der Waals surface area contributed by atoms with Gasteiger partial charge in [0.15, 0.2) is 5.60 Å². The molecular formula is C34H30Cl2N4O4. The monoisotopic (exact) mass is 628 g/mol. The van der Waals surface area contributed by atoms with Crippen molar-refractivity contribution in [3.63, 3.8) is 0 Å². The third-order valence-electron chi connectivity index (χ3n) is 8.34. The molecule has 5 aromatic rings. The number of rotatable bonds is 7.